The van der Waals surface area contributed by atoms with Crippen LogP contribution in [0.5, 0.6) is 0 Å². The van der Waals surface area contributed by atoms with Crippen LogP contribution >= 0.6 is 11.8 Å². The van der Waals surface area contributed by atoms with Crippen LogP contribution in [0.3, 0.4) is 0 Å². The second-order valence-electron chi connectivity index (χ2n) is 8.42. The van der Waals surface area contributed by atoms with Crippen molar-refractivity contribution in [3.05, 3.63) is 93.8 Å². The van der Waals surface area contributed by atoms with E-state index in [0.717, 1.165) is 33.3 Å². The molecule has 170 valence electrons. The first-order valence-electron chi connectivity index (χ1n) is 11.0. The van der Waals surface area contributed by atoms with Gasteiger partial charge in [0.25, 0.3) is 5.56 Å². The Kier molecular flexibility index (Phi) is 5.71. The van der Waals surface area contributed by atoms with E-state index in [2.05, 4.69) is 10.3 Å². The van der Waals surface area contributed by atoms with Crippen molar-refractivity contribution >= 4 is 45.3 Å². The predicted octanol–water partition coefficient (Wildman–Crippen LogP) is 5.52. The molecule has 7 heteroatoms. The zero-order valence-electron chi connectivity index (χ0n) is 19.2. The molecule has 0 aliphatic heterocycles. The Labute approximate surface area is 201 Å². The molecule has 0 radical (unpaired) electrons. The minimum Gasteiger partial charge on any atom is -0.349 e. The number of aromatic nitrogens is 3. The van der Waals surface area contributed by atoms with E-state index >= 15 is 0 Å². The lowest BCUT2D eigenvalue weighted by molar-refractivity contribution is -0.113. The van der Waals surface area contributed by atoms with Gasteiger partial charge in [-0.15, -0.1) is 0 Å². The number of nitrogens with one attached hydrogen (secondary N) is 2. The van der Waals surface area contributed by atoms with Crippen molar-refractivity contribution in [2.75, 3.05) is 11.1 Å². The molecule has 2 heterocycles. The second-order valence-corrected chi connectivity index (χ2v) is 9.36. The highest BCUT2D eigenvalue weighted by atomic mass is 32.2. The van der Waals surface area contributed by atoms with Crippen LogP contribution in [-0.2, 0) is 4.79 Å². The molecule has 0 spiro atoms. The predicted molar refractivity (Wildman–Crippen MR) is 139 cm³/mol. The number of amides is 1. The van der Waals surface area contributed by atoms with Gasteiger partial charge in [0.2, 0.25) is 5.91 Å². The molecule has 0 fully saturated rings. The van der Waals surface area contributed by atoms with Gasteiger partial charge in [0, 0.05) is 16.6 Å². The molecule has 0 unspecified atom stereocenters. The maximum atomic E-state index is 13.6. The lowest BCUT2D eigenvalue weighted by Crippen LogP contribution is -2.23. The summed E-state index contributed by atoms with van der Waals surface area (Å²) < 4.78 is 1.58. The average molecular weight is 469 g/mol. The first kappa shape index (κ1) is 22.0. The van der Waals surface area contributed by atoms with Gasteiger partial charge in [-0.25, -0.2) is 4.98 Å². The molecular weight excluding hydrogens is 444 g/mol. The smallest absolute Gasteiger partial charge is 0.283 e. The number of thioether (sulfide) groups is 1. The highest BCUT2D eigenvalue weighted by Crippen LogP contribution is 2.27. The number of hydrogen-bond acceptors (Lipinski definition) is 4. The molecule has 0 aliphatic carbocycles. The number of fused-ring (bicyclic) bond motifs is 3. The van der Waals surface area contributed by atoms with Crippen molar-refractivity contribution in [1.82, 2.24) is 14.5 Å². The molecule has 5 rings (SSSR count). The molecule has 0 saturated carbocycles. The van der Waals surface area contributed by atoms with Crippen LogP contribution in [0.2, 0.25) is 0 Å². The summed E-state index contributed by atoms with van der Waals surface area (Å²) in [6.45, 7) is 5.99. The topological polar surface area (TPSA) is 79.8 Å². The summed E-state index contributed by atoms with van der Waals surface area (Å²) in [4.78, 5) is 34.4. The second kappa shape index (κ2) is 8.83. The van der Waals surface area contributed by atoms with Gasteiger partial charge in [-0.3, -0.25) is 14.2 Å². The highest BCUT2D eigenvalue weighted by Gasteiger charge is 2.18. The van der Waals surface area contributed by atoms with Crippen molar-refractivity contribution in [3.8, 4) is 5.69 Å². The van der Waals surface area contributed by atoms with Crippen molar-refractivity contribution in [3.63, 3.8) is 0 Å². The van der Waals surface area contributed by atoms with Crippen LogP contribution in [0.1, 0.15) is 16.7 Å². The van der Waals surface area contributed by atoms with E-state index in [9.17, 15) is 9.59 Å². The summed E-state index contributed by atoms with van der Waals surface area (Å²) in [6, 6.07) is 21.3. The number of carbonyl (C=O) groups excluding carboxylic acids is 1. The van der Waals surface area contributed by atoms with Gasteiger partial charge in [0.15, 0.2) is 5.16 Å². The quantitative estimate of drug-likeness (QED) is 0.263. The zero-order valence-corrected chi connectivity index (χ0v) is 20.0. The highest BCUT2D eigenvalue weighted by molar-refractivity contribution is 7.99. The van der Waals surface area contributed by atoms with E-state index in [4.69, 9.17) is 4.98 Å². The Balaban J connectivity index is 1.54. The number of para-hydroxylation sites is 1. The Morgan fingerprint density at radius 2 is 1.74 bits per heavy atom. The molecule has 34 heavy (non-hydrogen) atoms. The molecule has 2 N–H and O–H groups in total. The number of anilines is 1. The van der Waals surface area contributed by atoms with E-state index in [1.165, 1.54) is 11.8 Å². The number of aromatic amines is 1. The van der Waals surface area contributed by atoms with E-state index in [1.807, 2.05) is 87.5 Å². The molecule has 5 aromatic rings. The molecule has 2 aromatic heterocycles. The molecule has 0 atom stereocenters. The molecule has 6 nitrogen and oxygen atoms in total. The Morgan fingerprint density at radius 3 is 2.50 bits per heavy atom. The molecule has 0 bridgehead atoms. The van der Waals surface area contributed by atoms with Gasteiger partial charge < -0.3 is 10.3 Å². The lowest BCUT2D eigenvalue weighted by Gasteiger charge is -2.13. The van der Waals surface area contributed by atoms with Gasteiger partial charge in [-0.1, -0.05) is 65.4 Å². The van der Waals surface area contributed by atoms with Crippen molar-refractivity contribution < 1.29 is 4.79 Å². The monoisotopic (exact) mass is 468 g/mol. The van der Waals surface area contributed by atoms with Crippen LogP contribution in [0.25, 0.3) is 27.6 Å². The van der Waals surface area contributed by atoms with Gasteiger partial charge in [0.05, 0.1) is 11.4 Å². The lowest BCUT2D eigenvalue weighted by atomic mass is 10.1. The Hall–Kier alpha value is -3.84. The maximum Gasteiger partial charge on any atom is 0.283 e. The van der Waals surface area contributed by atoms with Crippen LogP contribution < -0.4 is 10.9 Å². The summed E-state index contributed by atoms with van der Waals surface area (Å²) in [5.74, 6) is -0.0277. The first-order valence-corrected chi connectivity index (χ1v) is 12.0. The standard InChI is InChI=1S/C27H24N4O2S/c1-16-8-11-19(12-9-16)31-26(33)25-24(20-6-4-5-7-22(20)29-25)30-27(31)34-15-23(32)28-21-13-10-17(2)14-18(21)3/h4-14,29H,15H2,1-3H3,(H,28,32). The fraction of sp³-hybridized carbons (Fsp3) is 0.148. The number of hydrogen-bond donors (Lipinski definition) is 2. The summed E-state index contributed by atoms with van der Waals surface area (Å²) in [6.07, 6.45) is 0. The Morgan fingerprint density at radius 1 is 1.00 bits per heavy atom. The summed E-state index contributed by atoms with van der Waals surface area (Å²) in [5, 5.41) is 4.33. The van der Waals surface area contributed by atoms with E-state index < -0.39 is 0 Å². The van der Waals surface area contributed by atoms with E-state index in [-0.39, 0.29) is 17.2 Å². The van der Waals surface area contributed by atoms with Gasteiger partial charge in [0.1, 0.15) is 11.0 Å². The van der Waals surface area contributed by atoms with Gasteiger partial charge in [-0.2, -0.15) is 0 Å². The summed E-state index contributed by atoms with van der Waals surface area (Å²) in [7, 11) is 0. The average Bonchev–Trinajstić information content (AvgIpc) is 3.20. The van der Waals surface area contributed by atoms with Crippen LogP contribution in [-0.4, -0.2) is 26.2 Å². The molecule has 3 aromatic carbocycles. The van der Waals surface area contributed by atoms with Gasteiger partial charge >= 0.3 is 0 Å². The van der Waals surface area contributed by atoms with Crippen molar-refractivity contribution in [2.45, 2.75) is 25.9 Å². The SMILES string of the molecule is Cc1ccc(-n2c(SCC(=O)Nc3ccc(C)cc3C)nc3c([nH]c4ccccc43)c2=O)cc1. The number of carbonyl (C=O) groups is 1. The largest absolute Gasteiger partial charge is 0.349 e. The molecule has 0 saturated heterocycles. The fourth-order valence-electron chi connectivity index (χ4n) is 4.03. The zero-order chi connectivity index (χ0) is 23.8. The molecule has 0 aliphatic rings. The molecule has 1 amide bonds. The number of rotatable bonds is 5. The third-order valence-corrected chi connectivity index (χ3v) is 6.71. The van der Waals surface area contributed by atoms with Gasteiger partial charge in [-0.05, 0) is 50.6 Å². The summed E-state index contributed by atoms with van der Waals surface area (Å²) in [5.41, 5.74) is 6.46. The minimum atomic E-state index is -0.192. The maximum absolute atomic E-state index is 13.6. The normalized spacial score (nSPS) is 11.3. The third kappa shape index (κ3) is 4.10. The van der Waals surface area contributed by atoms with Crippen LogP contribution in [0.4, 0.5) is 5.69 Å². The number of benzene rings is 3. The van der Waals surface area contributed by atoms with E-state index in [0.29, 0.717) is 21.9 Å². The number of H-pyrrole nitrogens is 1. The Bertz CT molecular complexity index is 1600. The fourth-order valence-corrected chi connectivity index (χ4v) is 4.84. The van der Waals surface area contributed by atoms with Crippen molar-refractivity contribution in [1.29, 1.82) is 0 Å². The summed E-state index contributed by atoms with van der Waals surface area (Å²) >= 11 is 1.25. The van der Waals surface area contributed by atoms with E-state index in [1.54, 1.807) is 4.57 Å². The number of nitrogens with zero attached hydrogens (tertiary/aromatic N) is 2. The van der Waals surface area contributed by atoms with Crippen LogP contribution in [0, 0.1) is 20.8 Å². The number of aryl methyl sites for hydroxylation is 3. The third-order valence-electron chi connectivity index (χ3n) is 5.77. The molecular formula is C27H24N4O2S. The van der Waals surface area contributed by atoms with Crippen LogP contribution in [0.15, 0.2) is 76.7 Å². The minimum absolute atomic E-state index is 0.124. The van der Waals surface area contributed by atoms with Crippen molar-refractivity contribution in [2.24, 2.45) is 0 Å². The first-order chi connectivity index (χ1) is 16.4.